The van der Waals surface area contributed by atoms with Gasteiger partial charge in [-0.2, -0.15) is 0 Å². The maximum Gasteiger partial charge on any atom is 0.166 e. The Labute approximate surface area is 163 Å². The van der Waals surface area contributed by atoms with E-state index in [9.17, 15) is 8.78 Å². The minimum absolute atomic E-state index is 0.468. The van der Waals surface area contributed by atoms with Gasteiger partial charge in [0.25, 0.3) is 0 Å². The van der Waals surface area contributed by atoms with Crippen molar-refractivity contribution in [1.82, 2.24) is 0 Å². The smallest absolute Gasteiger partial charge is 0.166 e. The van der Waals surface area contributed by atoms with Crippen molar-refractivity contribution >= 4 is 5.57 Å². The van der Waals surface area contributed by atoms with E-state index in [4.69, 9.17) is 0 Å². The molecule has 1 aromatic rings. The van der Waals surface area contributed by atoms with E-state index in [2.05, 4.69) is 12.7 Å². The lowest BCUT2D eigenvalue weighted by Gasteiger charge is -2.35. The summed E-state index contributed by atoms with van der Waals surface area (Å²) in [6.45, 7) is 5.67. The molecule has 2 aliphatic rings. The normalized spacial score (nSPS) is 25.9. The molecular weight excluding hydrogens is 338 g/mol. The quantitative estimate of drug-likeness (QED) is 0.337. The molecule has 0 aromatic heterocycles. The van der Waals surface area contributed by atoms with Crippen molar-refractivity contribution in [1.29, 1.82) is 0 Å². The number of benzene rings is 1. The van der Waals surface area contributed by atoms with Gasteiger partial charge >= 0.3 is 0 Å². The third kappa shape index (κ3) is 4.89. The molecule has 0 radical (unpaired) electrons. The summed E-state index contributed by atoms with van der Waals surface area (Å²) in [7, 11) is 0. The van der Waals surface area contributed by atoms with Crippen molar-refractivity contribution in [3.63, 3.8) is 0 Å². The highest BCUT2D eigenvalue weighted by Crippen LogP contribution is 2.42. The van der Waals surface area contributed by atoms with Crippen LogP contribution in [0.4, 0.5) is 8.78 Å². The lowest BCUT2D eigenvalue weighted by atomic mass is 9.70. The maximum atomic E-state index is 14.4. The van der Waals surface area contributed by atoms with Gasteiger partial charge in [0.15, 0.2) is 11.6 Å². The molecule has 27 heavy (non-hydrogen) atoms. The molecule has 1 fully saturated rings. The Morgan fingerprint density at radius 1 is 1.04 bits per heavy atom. The predicted octanol–water partition coefficient (Wildman–Crippen LogP) is 7.87. The molecule has 3 rings (SSSR count). The summed E-state index contributed by atoms with van der Waals surface area (Å²) in [4.78, 5) is 0. The van der Waals surface area contributed by atoms with Crippen molar-refractivity contribution in [2.45, 2.75) is 77.6 Å². The number of rotatable bonds is 7. The molecule has 2 heteroatoms. The van der Waals surface area contributed by atoms with Gasteiger partial charge < -0.3 is 0 Å². The van der Waals surface area contributed by atoms with E-state index in [1.54, 1.807) is 12.1 Å². The van der Waals surface area contributed by atoms with Gasteiger partial charge in [-0.15, -0.1) is 6.58 Å². The van der Waals surface area contributed by atoms with Gasteiger partial charge in [-0.3, -0.25) is 0 Å². The second-order valence-corrected chi connectivity index (χ2v) is 8.52. The molecular formula is C25H34F2. The highest BCUT2D eigenvalue weighted by molar-refractivity contribution is 5.67. The fraction of sp³-hybridized carbons (Fsp3) is 0.600. The first-order valence-corrected chi connectivity index (χ1v) is 10.9. The summed E-state index contributed by atoms with van der Waals surface area (Å²) in [6, 6.07) is 3.52. The molecule has 0 saturated heterocycles. The van der Waals surface area contributed by atoms with Crippen LogP contribution in [0.15, 0.2) is 30.9 Å². The number of hydrogen-bond donors (Lipinski definition) is 0. The van der Waals surface area contributed by atoms with Crippen molar-refractivity contribution in [2.75, 3.05) is 0 Å². The summed E-state index contributed by atoms with van der Waals surface area (Å²) >= 11 is 0. The number of hydrogen-bond acceptors (Lipinski definition) is 0. The van der Waals surface area contributed by atoms with E-state index in [0.717, 1.165) is 49.0 Å². The lowest BCUT2D eigenvalue weighted by molar-refractivity contribution is 0.188. The van der Waals surface area contributed by atoms with Crippen LogP contribution in [0.1, 0.15) is 82.3 Å². The van der Waals surface area contributed by atoms with E-state index in [1.165, 1.54) is 38.5 Å². The Morgan fingerprint density at radius 3 is 2.44 bits per heavy atom. The highest BCUT2D eigenvalue weighted by Gasteiger charge is 2.29. The van der Waals surface area contributed by atoms with E-state index < -0.39 is 11.6 Å². The summed E-state index contributed by atoms with van der Waals surface area (Å²) in [6.07, 6.45) is 17.0. The van der Waals surface area contributed by atoms with Crippen LogP contribution in [0.3, 0.4) is 0 Å². The van der Waals surface area contributed by atoms with Gasteiger partial charge in [0.2, 0.25) is 0 Å². The van der Waals surface area contributed by atoms with Gasteiger partial charge in [-0.1, -0.05) is 50.5 Å². The monoisotopic (exact) mass is 372 g/mol. The van der Waals surface area contributed by atoms with Crippen LogP contribution in [0.5, 0.6) is 0 Å². The van der Waals surface area contributed by atoms with Gasteiger partial charge in [0.1, 0.15) is 0 Å². The molecule has 1 saturated carbocycles. The molecule has 0 N–H and O–H groups in total. The molecule has 2 aliphatic carbocycles. The second-order valence-electron chi connectivity index (χ2n) is 8.52. The molecule has 0 bridgehead atoms. The number of halogens is 2. The molecule has 0 amide bonds. The number of allylic oxidation sites excluding steroid dienone is 3. The van der Waals surface area contributed by atoms with Crippen LogP contribution < -0.4 is 0 Å². The average molecular weight is 373 g/mol. The van der Waals surface area contributed by atoms with Crippen LogP contribution >= 0.6 is 0 Å². The van der Waals surface area contributed by atoms with Crippen molar-refractivity contribution in [3.05, 3.63) is 53.6 Å². The standard InChI is InChI=1S/C25H34F2/c1-3-5-6-7-18-8-10-20(11-9-18)21-12-14-22(15-13-21)23-17-16-19(4-2)24(26)25(23)27/h3,14,16-18,20-21H,1,4-13,15H2,2H3. The molecule has 0 nitrogen and oxygen atoms in total. The van der Waals surface area contributed by atoms with Crippen molar-refractivity contribution < 1.29 is 8.78 Å². The minimum Gasteiger partial charge on any atom is -0.203 e. The molecule has 148 valence electrons. The third-order valence-corrected chi connectivity index (χ3v) is 6.92. The lowest BCUT2D eigenvalue weighted by Crippen LogP contribution is -2.23. The number of unbranched alkanes of at least 4 members (excludes halogenated alkanes) is 1. The Balaban J connectivity index is 1.55. The second kappa shape index (κ2) is 9.66. The van der Waals surface area contributed by atoms with Crippen molar-refractivity contribution in [3.8, 4) is 0 Å². The van der Waals surface area contributed by atoms with E-state index in [1.807, 2.05) is 13.0 Å². The summed E-state index contributed by atoms with van der Waals surface area (Å²) < 4.78 is 28.6. The van der Waals surface area contributed by atoms with E-state index in [-0.39, 0.29) is 0 Å². The van der Waals surface area contributed by atoms with Crippen molar-refractivity contribution in [2.24, 2.45) is 17.8 Å². The Kier molecular flexibility index (Phi) is 7.26. The molecule has 1 aromatic carbocycles. The molecule has 0 heterocycles. The Morgan fingerprint density at radius 2 is 1.81 bits per heavy atom. The van der Waals surface area contributed by atoms with E-state index in [0.29, 0.717) is 17.5 Å². The first-order valence-electron chi connectivity index (χ1n) is 10.9. The van der Waals surface area contributed by atoms with Crippen LogP contribution in [0, 0.1) is 29.4 Å². The summed E-state index contributed by atoms with van der Waals surface area (Å²) in [5.41, 5.74) is 1.95. The zero-order valence-corrected chi connectivity index (χ0v) is 16.8. The topological polar surface area (TPSA) is 0 Å². The zero-order valence-electron chi connectivity index (χ0n) is 16.8. The molecule has 1 atom stereocenters. The van der Waals surface area contributed by atoms with Crippen LogP contribution in [-0.2, 0) is 6.42 Å². The van der Waals surface area contributed by atoms with Gasteiger partial charge in [-0.05, 0) is 80.3 Å². The first-order chi connectivity index (χ1) is 13.1. The summed E-state index contributed by atoms with van der Waals surface area (Å²) in [5.74, 6) is 1.14. The van der Waals surface area contributed by atoms with Gasteiger partial charge in [0.05, 0.1) is 0 Å². The summed E-state index contributed by atoms with van der Waals surface area (Å²) in [5, 5.41) is 0. The van der Waals surface area contributed by atoms with Gasteiger partial charge in [0, 0.05) is 5.56 Å². The fourth-order valence-electron chi connectivity index (χ4n) is 5.14. The van der Waals surface area contributed by atoms with Crippen LogP contribution in [0.2, 0.25) is 0 Å². The Hall–Kier alpha value is -1.44. The molecule has 1 unspecified atom stereocenters. The maximum absolute atomic E-state index is 14.4. The fourth-order valence-corrected chi connectivity index (χ4v) is 5.14. The van der Waals surface area contributed by atoms with Crippen LogP contribution in [-0.4, -0.2) is 0 Å². The highest BCUT2D eigenvalue weighted by atomic mass is 19.2. The minimum atomic E-state index is -0.659. The molecule has 0 spiro atoms. The third-order valence-electron chi connectivity index (χ3n) is 6.92. The van der Waals surface area contributed by atoms with Crippen LogP contribution in [0.25, 0.3) is 5.57 Å². The average Bonchev–Trinajstić information content (AvgIpc) is 2.71. The predicted molar refractivity (Wildman–Crippen MR) is 111 cm³/mol. The zero-order chi connectivity index (χ0) is 19.2. The Bertz CT molecular complexity index is 665. The molecule has 0 aliphatic heterocycles. The largest absolute Gasteiger partial charge is 0.203 e. The van der Waals surface area contributed by atoms with Gasteiger partial charge in [-0.25, -0.2) is 8.78 Å². The SMILES string of the molecule is C=CCCCC1CCC(C2CC=C(c3ccc(CC)c(F)c3F)CC2)CC1. The van der Waals surface area contributed by atoms with E-state index >= 15 is 0 Å². The first kappa shape index (κ1) is 20.3. The number of aryl methyl sites for hydroxylation is 1.